The standard InChI is InChI=1S/C20H27N5O4S/c1-14-8-6-11-18(21-14)23-19(26)13-25(5)15(2)20(27)22-16-9-7-10-17(12-16)30(28,29)24(3)4/h6-12,15H,13H2,1-5H3,(H,22,27)(H,21,23,26). The molecule has 0 aliphatic carbocycles. The molecule has 0 aliphatic heterocycles. The lowest BCUT2D eigenvalue weighted by Gasteiger charge is -2.23. The third kappa shape index (κ3) is 6.09. The molecule has 0 aliphatic rings. The van der Waals surface area contributed by atoms with Gasteiger partial charge in [-0.05, 0) is 51.2 Å². The van der Waals surface area contributed by atoms with Gasteiger partial charge in [-0.2, -0.15) is 0 Å². The van der Waals surface area contributed by atoms with Crippen LogP contribution in [-0.2, 0) is 19.6 Å². The number of rotatable bonds is 8. The van der Waals surface area contributed by atoms with Crippen LogP contribution < -0.4 is 10.6 Å². The molecule has 9 nitrogen and oxygen atoms in total. The summed E-state index contributed by atoms with van der Waals surface area (Å²) in [7, 11) is 0.924. The minimum absolute atomic E-state index is 0.0146. The van der Waals surface area contributed by atoms with Gasteiger partial charge in [0, 0.05) is 25.5 Å². The van der Waals surface area contributed by atoms with E-state index < -0.39 is 16.1 Å². The molecule has 0 saturated heterocycles. The fourth-order valence-corrected chi connectivity index (χ4v) is 3.50. The van der Waals surface area contributed by atoms with Gasteiger partial charge in [0.25, 0.3) is 0 Å². The van der Waals surface area contributed by atoms with Crippen molar-refractivity contribution in [1.29, 1.82) is 0 Å². The number of aryl methyl sites for hydroxylation is 1. The van der Waals surface area contributed by atoms with E-state index in [1.807, 2.05) is 13.0 Å². The van der Waals surface area contributed by atoms with E-state index in [1.165, 1.54) is 26.2 Å². The average molecular weight is 434 g/mol. The van der Waals surface area contributed by atoms with Gasteiger partial charge in [0.1, 0.15) is 5.82 Å². The molecule has 0 fully saturated rings. The highest BCUT2D eigenvalue weighted by Gasteiger charge is 2.22. The highest BCUT2D eigenvalue weighted by molar-refractivity contribution is 7.89. The molecule has 1 heterocycles. The van der Waals surface area contributed by atoms with E-state index in [9.17, 15) is 18.0 Å². The van der Waals surface area contributed by atoms with Gasteiger partial charge in [0.2, 0.25) is 21.8 Å². The molecular formula is C20H27N5O4S. The zero-order valence-corrected chi connectivity index (χ0v) is 18.5. The Morgan fingerprint density at radius 3 is 2.37 bits per heavy atom. The number of hydrogen-bond acceptors (Lipinski definition) is 6. The molecule has 0 saturated carbocycles. The number of amides is 2. The number of likely N-dealkylation sites (N-methyl/N-ethyl adjacent to an activating group) is 1. The lowest BCUT2D eigenvalue weighted by molar-refractivity contribution is -0.122. The second-order valence-electron chi connectivity index (χ2n) is 7.11. The van der Waals surface area contributed by atoms with Gasteiger partial charge in [-0.3, -0.25) is 14.5 Å². The van der Waals surface area contributed by atoms with Crippen molar-refractivity contribution in [1.82, 2.24) is 14.2 Å². The van der Waals surface area contributed by atoms with Crippen molar-refractivity contribution < 1.29 is 18.0 Å². The predicted octanol–water partition coefficient (Wildman–Crippen LogP) is 1.54. The summed E-state index contributed by atoms with van der Waals surface area (Å²) in [4.78, 5) is 30.7. The van der Waals surface area contributed by atoms with Crippen LogP contribution in [0.5, 0.6) is 0 Å². The van der Waals surface area contributed by atoms with Crippen LogP contribution in [0.4, 0.5) is 11.5 Å². The van der Waals surface area contributed by atoms with Crippen molar-refractivity contribution in [3.63, 3.8) is 0 Å². The van der Waals surface area contributed by atoms with Crippen molar-refractivity contribution in [3.05, 3.63) is 48.2 Å². The van der Waals surface area contributed by atoms with Gasteiger partial charge in [-0.25, -0.2) is 17.7 Å². The molecule has 1 atom stereocenters. The number of carbonyl (C=O) groups is 2. The monoisotopic (exact) mass is 433 g/mol. The van der Waals surface area contributed by atoms with E-state index in [-0.39, 0.29) is 23.3 Å². The lowest BCUT2D eigenvalue weighted by atomic mass is 10.2. The highest BCUT2D eigenvalue weighted by Crippen LogP contribution is 2.18. The van der Waals surface area contributed by atoms with Crippen molar-refractivity contribution >= 4 is 33.3 Å². The second kappa shape index (κ2) is 9.79. The number of carbonyl (C=O) groups excluding carboxylic acids is 2. The van der Waals surface area contributed by atoms with Crippen LogP contribution in [0.2, 0.25) is 0 Å². The van der Waals surface area contributed by atoms with Crippen LogP contribution in [0, 0.1) is 6.92 Å². The van der Waals surface area contributed by atoms with E-state index in [2.05, 4.69) is 15.6 Å². The Labute approximate surface area is 177 Å². The molecule has 0 spiro atoms. The molecular weight excluding hydrogens is 406 g/mol. The number of nitrogens with zero attached hydrogens (tertiary/aromatic N) is 3. The molecule has 2 rings (SSSR count). The zero-order chi connectivity index (χ0) is 22.5. The second-order valence-corrected chi connectivity index (χ2v) is 9.26. The first-order valence-corrected chi connectivity index (χ1v) is 10.7. The summed E-state index contributed by atoms with van der Waals surface area (Å²) < 4.78 is 25.6. The number of hydrogen-bond donors (Lipinski definition) is 2. The maximum Gasteiger partial charge on any atom is 0.242 e. The Morgan fingerprint density at radius 2 is 1.73 bits per heavy atom. The smallest absolute Gasteiger partial charge is 0.242 e. The Morgan fingerprint density at radius 1 is 1.07 bits per heavy atom. The Kier molecular flexibility index (Phi) is 7.65. The number of nitrogens with one attached hydrogen (secondary N) is 2. The minimum atomic E-state index is -3.61. The third-order valence-electron chi connectivity index (χ3n) is 4.47. The molecule has 10 heteroatoms. The molecule has 1 aromatic heterocycles. The van der Waals surface area contributed by atoms with Gasteiger partial charge in [0.05, 0.1) is 17.5 Å². The van der Waals surface area contributed by atoms with E-state index in [0.717, 1.165) is 10.00 Å². The molecule has 2 N–H and O–H groups in total. The Bertz CT molecular complexity index is 1020. The normalized spacial score (nSPS) is 12.6. The lowest BCUT2D eigenvalue weighted by Crippen LogP contribution is -2.43. The van der Waals surface area contributed by atoms with Gasteiger partial charge < -0.3 is 10.6 Å². The quantitative estimate of drug-likeness (QED) is 0.653. The Balaban J connectivity index is 1.99. The summed E-state index contributed by atoms with van der Waals surface area (Å²) in [6, 6.07) is 10.7. The summed E-state index contributed by atoms with van der Waals surface area (Å²) in [5, 5.41) is 5.39. The summed E-state index contributed by atoms with van der Waals surface area (Å²) in [6.45, 7) is 3.47. The molecule has 1 aromatic carbocycles. The van der Waals surface area contributed by atoms with Crippen LogP contribution in [0.15, 0.2) is 47.4 Å². The number of anilines is 2. The highest BCUT2D eigenvalue weighted by atomic mass is 32.2. The van der Waals surface area contributed by atoms with E-state index >= 15 is 0 Å². The van der Waals surface area contributed by atoms with Crippen LogP contribution in [0.25, 0.3) is 0 Å². The molecule has 0 radical (unpaired) electrons. The SMILES string of the molecule is Cc1cccc(NC(=O)CN(C)C(C)C(=O)Nc2cccc(S(=O)(=O)N(C)C)c2)n1. The summed E-state index contributed by atoms with van der Waals surface area (Å²) >= 11 is 0. The van der Waals surface area contributed by atoms with Crippen LogP contribution in [0.1, 0.15) is 12.6 Å². The largest absolute Gasteiger partial charge is 0.325 e. The summed E-state index contributed by atoms with van der Waals surface area (Å²) in [5.74, 6) is -0.211. The van der Waals surface area contributed by atoms with E-state index in [4.69, 9.17) is 0 Å². The van der Waals surface area contributed by atoms with Gasteiger partial charge in [-0.15, -0.1) is 0 Å². The number of sulfonamides is 1. The van der Waals surface area contributed by atoms with Gasteiger partial charge >= 0.3 is 0 Å². The van der Waals surface area contributed by atoms with Crippen molar-refractivity contribution in [2.45, 2.75) is 24.8 Å². The van der Waals surface area contributed by atoms with Crippen LogP contribution in [-0.4, -0.2) is 68.2 Å². The first-order valence-electron chi connectivity index (χ1n) is 9.28. The van der Waals surface area contributed by atoms with E-state index in [0.29, 0.717) is 11.5 Å². The van der Waals surface area contributed by atoms with Crippen molar-refractivity contribution in [2.24, 2.45) is 0 Å². The molecule has 2 amide bonds. The maximum atomic E-state index is 12.6. The van der Waals surface area contributed by atoms with Gasteiger partial charge in [0.15, 0.2) is 0 Å². The molecule has 0 bridgehead atoms. The summed E-state index contributed by atoms with van der Waals surface area (Å²) in [5.41, 5.74) is 1.14. The van der Waals surface area contributed by atoms with Crippen molar-refractivity contribution in [3.8, 4) is 0 Å². The Hall–Kier alpha value is -2.82. The molecule has 2 aromatic rings. The fraction of sp³-hybridized carbons (Fsp3) is 0.350. The number of benzene rings is 1. The van der Waals surface area contributed by atoms with Crippen LogP contribution >= 0.6 is 0 Å². The van der Waals surface area contributed by atoms with Gasteiger partial charge in [-0.1, -0.05) is 12.1 Å². The zero-order valence-electron chi connectivity index (χ0n) is 17.7. The predicted molar refractivity (Wildman–Crippen MR) is 116 cm³/mol. The number of aromatic nitrogens is 1. The first-order chi connectivity index (χ1) is 14.0. The van der Waals surface area contributed by atoms with Crippen molar-refractivity contribution in [2.75, 3.05) is 38.3 Å². The molecule has 1 unspecified atom stereocenters. The third-order valence-corrected chi connectivity index (χ3v) is 6.28. The summed E-state index contributed by atoms with van der Waals surface area (Å²) in [6.07, 6.45) is 0. The number of pyridine rings is 1. The average Bonchev–Trinajstić information content (AvgIpc) is 2.67. The fourth-order valence-electron chi connectivity index (χ4n) is 2.55. The molecule has 162 valence electrons. The minimum Gasteiger partial charge on any atom is -0.325 e. The topological polar surface area (TPSA) is 112 Å². The van der Waals surface area contributed by atoms with Crippen LogP contribution in [0.3, 0.4) is 0 Å². The van der Waals surface area contributed by atoms with E-state index in [1.54, 1.807) is 43.1 Å². The maximum absolute atomic E-state index is 12.6. The first kappa shape index (κ1) is 23.5. The molecule has 30 heavy (non-hydrogen) atoms.